The Labute approximate surface area is 111 Å². The first kappa shape index (κ1) is 18.6. The van der Waals surface area contributed by atoms with Gasteiger partial charge in [0.25, 0.3) is 5.24 Å². The molecule has 0 aliphatic carbocycles. The lowest BCUT2D eigenvalue weighted by Crippen LogP contribution is -2.26. The number of nitrogens with one attached hydrogen (secondary N) is 1. The van der Waals surface area contributed by atoms with Gasteiger partial charge in [0, 0.05) is 19.6 Å². The van der Waals surface area contributed by atoms with E-state index in [1.165, 1.54) is 6.42 Å². The zero-order valence-corrected chi connectivity index (χ0v) is 12.0. The quantitative estimate of drug-likeness (QED) is 0.398. The molecule has 1 N–H and O–H groups in total. The Morgan fingerprint density at radius 1 is 1.29 bits per heavy atom. The molecular weight excluding hydrogens is 232 g/mol. The van der Waals surface area contributed by atoms with Gasteiger partial charge in [-0.3, -0.25) is 4.79 Å². The third-order valence-electron chi connectivity index (χ3n) is 1.83. The van der Waals surface area contributed by atoms with Crippen LogP contribution in [0.3, 0.4) is 0 Å². The molecule has 0 heterocycles. The van der Waals surface area contributed by atoms with E-state index in [0.717, 1.165) is 26.1 Å². The van der Waals surface area contributed by atoms with E-state index in [9.17, 15) is 4.79 Å². The molecule has 0 atom stereocenters. The van der Waals surface area contributed by atoms with Crippen molar-refractivity contribution in [2.75, 3.05) is 26.2 Å². The molecule has 0 aliphatic heterocycles. The summed E-state index contributed by atoms with van der Waals surface area (Å²) in [6.45, 7) is 14.7. The summed E-state index contributed by atoms with van der Waals surface area (Å²) < 4.78 is 0. The fraction of sp³-hybridized carbons (Fsp3) is 0.615. The van der Waals surface area contributed by atoms with Crippen LogP contribution in [0.4, 0.5) is 4.79 Å². The molecule has 0 saturated carbocycles. The summed E-state index contributed by atoms with van der Waals surface area (Å²) in [5, 5.41) is 2.99. The van der Waals surface area contributed by atoms with E-state index >= 15 is 0 Å². The lowest BCUT2D eigenvalue weighted by atomic mass is 10.4. The van der Waals surface area contributed by atoms with Gasteiger partial charge in [0.05, 0.1) is 0 Å². The second-order valence-corrected chi connectivity index (χ2v) is 3.89. The number of thiol groups is 1. The SMILES string of the molecule is C=CCN(CCC)C(=O)S.C=CCNCCC. The van der Waals surface area contributed by atoms with Crippen molar-refractivity contribution in [2.45, 2.75) is 26.7 Å². The van der Waals surface area contributed by atoms with Gasteiger partial charge in [-0.15, -0.1) is 13.2 Å². The fourth-order valence-electron chi connectivity index (χ4n) is 1.07. The van der Waals surface area contributed by atoms with Crippen molar-refractivity contribution >= 4 is 17.9 Å². The zero-order chi connectivity index (χ0) is 13.5. The minimum Gasteiger partial charge on any atom is -0.330 e. The minimum absolute atomic E-state index is 0.179. The smallest absolute Gasteiger partial charge is 0.278 e. The molecule has 3 nitrogen and oxygen atoms in total. The standard InChI is InChI=1S/C7H13NOS.C6H13N/c1-3-5-8(6-4-2)7(9)10;1-3-5-7-6-4-2/h3H,1,4-6H2,2H3,(H,9,10);3,7H,1,4-6H2,2H3. The van der Waals surface area contributed by atoms with Crippen LogP contribution < -0.4 is 5.32 Å². The summed E-state index contributed by atoms with van der Waals surface area (Å²) in [4.78, 5) is 12.3. The molecule has 100 valence electrons. The molecule has 17 heavy (non-hydrogen) atoms. The van der Waals surface area contributed by atoms with Crippen LogP contribution in [0.15, 0.2) is 25.3 Å². The minimum atomic E-state index is -0.179. The van der Waals surface area contributed by atoms with Gasteiger partial charge in [-0.1, -0.05) is 38.6 Å². The van der Waals surface area contributed by atoms with E-state index in [-0.39, 0.29) is 5.24 Å². The molecule has 0 aliphatic rings. The van der Waals surface area contributed by atoms with Gasteiger partial charge in [-0.2, -0.15) is 0 Å². The van der Waals surface area contributed by atoms with Crippen molar-refractivity contribution in [3.63, 3.8) is 0 Å². The normalized spacial score (nSPS) is 8.88. The second kappa shape index (κ2) is 15.3. The maximum Gasteiger partial charge on any atom is 0.278 e. The first-order chi connectivity index (χ1) is 8.13. The molecule has 0 unspecified atom stereocenters. The number of rotatable bonds is 8. The summed E-state index contributed by atoms with van der Waals surface area (Å²) in [5.41, 5.74) is 0. The Morgan fingerprint density at radius 3 is 2.29 bits per heavy atom. The van der Waals surface area contributed by atoms with E-state index in [4.69, 9.17) is 0 Å². The topological polar surface area (TPSA) is 32.3 Å². The lowest BCUT2D eigenvalue weighted by Gasteiger charge is -2.16. The van der Waals surface area contributed by atoms with Crippen LogP contribution in [0, 0.1) is 0 Å². The fourth-order valence-corrected chi connectivity index (χ4v) is 1.25. The molecule has 0 aromatic heterocycles. The molecule has 1 amide bonds. The highest BCUT2D eigenvalue weighted by Crippen LogP contribution is 1.96. The van der Waals surface area contributed by atoms with Crippen LogP contribution >= 0.6 is 12.6 Å². The summed E-state index contributed by atoms with van der Waals surface area (Å²) in [7, 11) is 0. The Kier molecular flexibility index (Phi) is 16.7. The summed E-state index contributed by atoms with van der Waals surface area (Å²) in [6, 6.07) is 0. The number of hydrogen-bond donors (Lipinski definition) is 2. The first-order valence-electron chi connectivity index (χ1n) is 6.04. The number of nitrogens with zero attached hydrogens (tertiary/aromatic N) is 1. The average molecular weight is 258 g/mol. The Balaban J connectivity index is 0. The predicted octanol–water partition coefficient (Wildman–Crippen LogP) is 3.11. The number of amides is 1. The van der Waals surface area contributed by atoms with Crippen molar-refractivity contribution in [3.05, 3.63) is 25.3 Å². The van der Waals surface area contributed by atoms with E-state index in [1.54, 1.807) is 11.0 Å². The van der Waals surface area contributed by atoms with Gasteiger partial charge >= 0.3 is 0 Å². The number of hydrogen-bond acceptors (Lipinski definition) is 2. The molecular formula is C13H26N2OS. The van der Waals surface area contributed by atoms with Crippen LogP contribution in [0.25, 0.3) is 0 Å². The van der Waals surface area contributed by atoms with E-state index in [0.29, 0.717) is 6.54 Å². The van der Waals surface area contributed by atoms with Crippen LogP contribution in [-0.4, -0.2) is 36.3 Å². The molecule has 0 radical (unpaired) electrons. The van der Waals surface area contributed by atoms with Crippen LogP contribution in [-0.2, 0) is 0 Å². The highest BCUT2D eigenvalue weighted by atomic mass is 32.1. The highest BCUT2D eigenvalue weighted by Gasteiger charge is 2.03. The maximum atomic E-state index is 10.7. The van der Waals surface area contributed by atoms with Gasteiger partial charge in [0.1, 0.15) is 0 Å². The van der Waals surface area contributed by atoms with Crippen molar-refractivity contribution in [1.29, 1.82) is 0 Å². The van der Waals surface area contributed by atoms with Gasteiger partial charge in [0.15, 0.2) is 0 Å². The van der Waals surface area contributed by atoms with Gasteiger partial charge < -0.3 is 10.2 Å². The zero-order valence-electron chi connectivity index (χ0n) is 11.1. The number of carbonyl (C=O) groups excluding carboxylic acids is 1. The van der Waals surface area contributed by atoms with Gasteiger partial charge in [0.2, 0.25) is 0 Å². The van der Waals surface area contributed by atoms with Crippen LogP contribution in [0.5, 0.6) is 0 Å². The largest absolute Gasteiger partial charge is 0.330 e. The second-order valence-electron chi connectivity index (χ2n) is 3.51. The lowest BCUT2D eigenvalue weighted by molar-refractivity contribution is 0.229. The van der Waals surface area contributed by atoms with Crippen molar-refractivity contribution in [3.8, 4) is 0 Å². The molecule has 0 saturated heterocycles. The van der Waals surface area contributed by atoms with E-state index in [2.05, 4.69) is 38.0 Å². The van der Waals surface area contributed by atoms with Gasteiger partial charge in [-0.05, 0) is 19.4 Å². The summed E-state index contributed by atoms with van der Waals surface area (Å²) in [6.07, 6.45) is 5.73. The Hall–Kier alpha value is -0.740. The third kappa shape index (κ3) is 15.3. The van der Waals surface area contributed by atoms with E-state index < -0.39 is 0 Å². The van der Waals surface area contributed by atoms with E-state index in [1.807, 2.05) is 13.0 Å². The maximum absolute atomic E-state index is 10.7. The summed E-state index contributed by atoms with van der Waals surface area (Å²) >= 11 is 3.70. The Morgan fingerprint density at radius 2 is 1.94 bits per heavy atom. The third-order valence-corrected chi connectivity index (χ3v) is 2.11. The first-order valence-corrected chi connectivity index (χ1v) is 6.49. The monoisotopic (exact) mass is 258 g/mol. The molecule has 0 bridgehead atoms. The van der Waals surface area contributed by atoms with Crippen molar-refractivity contribution < 1.29 is 4.79 Å². The molecule has 0 aromatic carbocycles. The summed E-state index contributed by atoms with van der Waals surface area (Å²) in [5.74, 6) is 0. The predicted molar refractivity (Wildman–Crippen MR) is 79.8 cm³/mol. The molecule has 0 fully saturated rings. The molecule has 0 rings (SSSR count). The average Bonchev–Trinajstić information content (AvgIpc) is 2.30. The van der Waals surface area contributed by atoms with Crippen LogP contribution in [0.2, 0.25) is 0 Å². The van der Waals surface area contributed by atoms with Gasteiger partial charge in [-0.25, -0.2) is 0 Å². The van der Waals surface area contributed by atoms with Crippen LogP contribution in [0.1, 0.15) is 26.7 Å². The number of carbonyl (C=O) groups is 1. The van der Waals surface area contributed by atoms with Crippen molar-refractivity contribution in [1.82, 2.24) is 10.2 Å². The van der Waals surface area contributed by atoms with Crippen molar-refractivity contribution in [2.24, 2.45) is 0 Å². The molecule has 4 heteroatoms. The Bertz CT molecular complexity index is 208. The molecule has 0 aromatic rings. The molecule has 0 spiro atoms. The highest BCUT2D eigenvalue weighted by molar-refractivity contribution is 7.96.